The first-order valence-corrected chi connectivity index (χ1v) is 13.1. The largest absolute Gasteiger partial charge is 0.351 e. The highest BCUT2D eigenvalue weighted by Crippen LogP contribution is 2.52. The van der Waals surface area contributed by atoms with Gasteiger partial charge in [0.15, 0.2) is 11.5 Å². The van der Waals surface area contributed by atoms with Crippen molar-refractivity contribution >= 4 is 34.5 Å². The lowest BCUT2D eigenvalue weighted by atomic mass is 9.91. The smallest absolute Gasteiger partial charge is 0.316 e. The Bertz CT molecular complexity index is 1490. The molecule has 6 rings (SSSR count). The van der Waals surface area contributed by atoms with Gasteiger partial charge in [0.1, 0.15) is 11.8 Å². The van der Waals surface area contributed by atoms with Crippen molar-refractivity contribution in [2.45, 2.75) is 62.7 Å². The summed E-state index contributed by atoms with van der Waals surface area (Å²) in [6.07, 6.45) is 3.98. The number of nitrogens with zero attached hydrogens (tertiary/aromatic N) is 5. The predicted octanol–water partition coefficient (Wildman–Crippen LogP) is 1.56. The SMILES string of the molecule is CC(C)NC1CC1(C(=O)N1C2CCC1CN(c1ncnc3[nH]c(=O)c(=O)n(C)c13)C2)c1ccc(Cl)cc1. The maximum absolute atomic E-state index is 14.3. The Balaban J connectivity index is 1.33. The predicted molar refractivity (Wildman–Crippen MR) is 141 cm³/mol. The molecule has 2 N–H and O–H groups in total. The highest BCUT2D eigenvalue weighted by molar-refractivity contribution is 6.30. The molecule has 1 aliphatic carbocycles. The molecule has 4 unspecified atom stereocenters. The van der Waals surface area contributed by atoms with Crippen LogP contribution >= 0.6 is 11.6 Å². The van der Waals surface area contributed by atoms with Crippen LogP contribution in [0.1, 0.15) is 38.7 Å². The van der Waals surface area contributed by atoms with Crippen LogP contribution < -0.4 is 21.3 Å². The lowest BCUT2D eigenvalue weighted by molar-refractivity contribution is -0.137. The van der Waals surface area contributed by atoms with E-state index >= 15 is 0 Å². The lowest BCUT2D eigenvalue weighted by Crippen LogP contribution is -2.59. The number of halogens is 1. The van der Waals surface area contributed by atoms with Gasteiger partial charge in [0.2, 0.25) is 5.91 Å². The van der Waals surface area contributed by atoms with Crippen molar-refractivity contribution in [1.82, 2.24) is 29.7 Å². The number of aryl methyl sites for hydroxylation is 1. The van der Waals surface area contributed by atoms with E-state index in [2.05, 4.69) is 43.9 Å². The van der Waals surface area contributed by atoms with Gasteiger partial charge in [0, 0.05) is 49.3 Å². The first-order chi connectivity index (χ1) is 17.7. The molecule has 1 amide bonds. The molecule has 1 aromatic carbocycles. The molecule has 3 aromatic rings. The monoisotopic (exact) mass is 523 g/mol. The second-order valence-electron chi connectivity index (χ2n) is 10.8. The van der Waals surface area contributed by atoms with E-state index in [1.165, 1.54) is 10.9 Å². The minimum atomic E-state index is -0.711. The van der Waals surface area contributed by atoms with Crippen molar-refractivity contribution < 1.29 is 4.79 Å². The van der Waals surface area contributed by atoms with E-state index in [9.17, 15) is 14.4 Å². The second kappa shape index (κ2) is 8.66. The van der Waals surface area contributed by atoms with Crippen LogP contribution in [0.5, 0.6) is 0 Å². The Morgan fingerprint density at radius 1 is 1.14 bits per heavy atom. The van der Waals surface area contributed by atoms with Crippen LogP contribution in [-0.2, 0) is 17.3 Å². The summed E-state index contributed by atoms with van der Waals surface area (Å²) in [4.78, 5) is 54.1. The van der Waals surface area contributed by atoms with Crippen molar-refractivity contribution in [2.24, 2.45) is 7.05 Å². The Morgan fingerprint density at radius 2 is 1.81 bits per heavy atom. The number of anilines is 1. The molecule has 194 valence electrons. The van der Waals surface area contributed by atoms with Crippen molar-refractivity contribution in [2.75, 3.05) is 18.0 Å². The summed E-state index contributed by atoms with van der Waals surface area (Å²) in [6, 6.07) is 8.08. The van der Waals surface area contributed by atoms with Gasteiger partial charge < -0.3 is 24.7 Å². The van der Waals surface area contributed by atoms with Crippen molar-refractivity contribution in [3.8, 4) is 0 Å². The van der Waals surface area contributed by atoms with Crippen molar-refractivity contribution in [3.63, 3.8) is 0 Å². The zero-order valence-electron chi connectivity index (χ0n) is 21.1. The summed E-state index contributed by atoms with van der Waals surface area (Å²) in [7, 11) is 1.56. The number of piperazine rings is 1. The number of fused-ring (bicyclic) bond motifs is 3. The lowest BCUT2D eigenvalue weighted by Gasteiger charge is -2.43. The topological polar surface area (TPSA) is 116 Å². The zero-order chi connectivity index (χ0) is 26.1. The summed E-state index contributed by atoms with van der Waals surface area (Å²) >= 11 is 6.17. The van der Waals surface area contributed by atoms with E-state index in [4.69, 9.17) is 11.6 Å². The van der Waals surface area contributed by atoms with Crippen molar-refractivity contribution in [1.29, 1.82) is 0 Å². The van der Waals surface area contributed by atoms with Crippen LogP contribution in [0.2, 0.25) is 5.02 Å². The molecule has 10 nitrogen and oxygen atoms in total. The Kier molecular flexibility index (Phi) is 5.65. The molecule has 11 heteroatoms. The van der Waals surface area contributed by atoms with Gasteiger partial charge in [-0.3, -0.25) is 14.4 Å². The molecule has 4 atom stereocenters. The first-order valence-electron chi connectivity index (χ1n) is 12.7. The van der Waals surface area contributed by atoms with Crippen LogP contribution in [0.15, 0.2) is 40.2 Å². The molecule has 2 saturated heterocycles. The standard InChI is InChI=1S/C26H30ClN7O3/c1-14(2)30-19-10-26(19,15-4-6-16(27)7-5-15)25(37)34-17-8-9-18(34)12-33(11-17)22-20-21(28-13-29-22)31-23(35)24(36)32(20)3/h4-7,13-14,17-19,30H,8-12H2,1-3H3,(H,28,29,31,35). The molecular formula is C26H30ClN7O3. The zero-order valence-corrected chi connectivity index (χ0v) is 21.8. The summed E-state index contributed by atoms with van der Waals surface area (Å²) in [5.74, 6) is 0.771. The molecule has 2 aromatic heterocycles. The molecule has 2 aliphatic heterocycles. The fourth-order valence-electron chi connectivity index (χ4n) is 6.35. The number of rotatable bonds is 5. The third-order valence-corrected chi connectivity index (χ3v) is 8.37. The van der Waals surface area contributed by atoms with Gasteiger partial charge in [0.25, 0.3) is 0 Å². The normalized spacial score (nSPS) is 26.8. The summed E-state index contributed by atoms with van der Waals surface area (Å²) in [5.41, 5.74) is -0.137. The van der Waals surface area contributed by atoms with E-state index in [1.807, 2.05) is 24.3 Å². The van der Waals surface area contributed by atoms with Gasteiger partial charge in [-0.05, 0) is 37.0 Å². The number of carbonyl (C=O) groups is 1. The van der Waals surface area contributed by atoms with Crippen LogP contribution in [-0.4, -0.2) is 67.6 Å². The maximum Gasteiger partial charge on any atom is 0.316 e. The number of hydrogen-bond donors (Lipinski definition) is 2. The second-order valence-corrected chi connectivity index (χ2v) is 11.2. The fourth-order valence-corrected chi connectivity index (χ4v) is 6.47. The first kappa shape index (κ1) is 24.1. The highest BCUT2D eigenvalue weighted by Gasteiger charge is 2.64. The van der Waals surface area contributed by atoms with Gasteiger partial charge >= 0.3 is 11.1 Å². The van der Waals surface area contributed by atoms with E-state index in [-0.39, 0.29) is 30.1 Å². The van der Waals surface area contributed by atoms with Crippen molar-refractivity contribution in [3.05, 3.63) is 61.9 Å². The molecule has 0 spiro atoms. The van der Waals surface area contributed by atoms with Gasteiger partial charge in [-0.2, -0.15) is 0 Å². The molecule has 3 fully saturated rings. The van der Waals surface area contributed by atoms with Crippen LogP contribution in [0.25, 0.3) is 11.2 Å². The summed E-state index contributed by atoms with van der Waals surface area (Å²) in [6.45, 7) is 5.40. The van der Waals surface area contributed by atoms with Crippen LogP contribution in [0.3, 0.4) is 0 Å². The van der Waals surface area contributed by atoms with Gasteiger partial charge in [-0.25, -0.2) is 9.97 Å². The number of hydrogen-bond acceptors (Lipinski definition) is 7. The van der Waals surface area contributed by atoms with Crippen LogP contribution in [0, 0.1) is 0 Å². The summed E-state index contributed by atoms with van der Waals surface area (Å²) in [5, 5.41) is 4.25. The van der Waals surface area contributed by atoms with E-state index in [1.54, 1.807) is 7.05 Å². The number of nitrogens with one attached hydrogen (secondary N) is 2. The molecule has 4 heterocycles. The Labute approximate surface area is 218 Å². The van der Waals surface area contributed by atoms with Gasteiger partial charge in [-0.15, -0.1) is 0 Å². The minimum absolute atomic E-state index is 0.0283. The third-order valence-electron chi connectivity index (χ3n) is 8.12. The molecule has 0 radical (unpaired) electrons. The molecule has 1 saturated carbocycles. The maximum atomic E-state index is 14.3. The highest BCUT2D eigenvalue weighted by atomic mass is 35.5. The fraction of sp³-hybridized carbons (Fsp3) is 0.500. The number of benzene rings is 1. The Morgan fingerprint density at radius 3 is 2.46 bits per heavy atom. The average Bonchev–Trinajstić information content (AvgIpc) is 3.52. The third kappa shape index (κ3) is 3.76. The van der Waals surface area contributed by atoms with Gasteiger partial charge in [0.05, 0.1) is 5.41 Å². The quantitative estimate of drug-likeness (QED) is 0.487. The Hall–Kier alpha value is -3.24. The van der Waals surface area contributed by atoms with Crippen LogP contribution in [0.4, 0.5) is 5.82 Å². The molecule has 37 heavy (non-hydrogen) atoms. The number of aromatic nitrogens is 4. The number of H-pyrrole nitrogens is 1. The van der Waals surface area contributed by atoms with E-state index in [0.717, 1.165) is 24.8 Å². The molecular weight excluding hydrogens is 494 g/mol. The van der Waals surface area contributed by atoms with E-state index < -0.39 is 16.5 Å². The van der Waals surface area contributed by atoms with E-state index in [0.29, 0.717) is 35.1 Å². The summed E-state index contributed by atoms with van der Waals surface area (Å²) < 4.78 is 1.31. The van der Waals surface area contributed by atoms with Gasteiger partial charge in [-0.1, -0.05) is 37.6 Å². The number of amides is 1. The molecule has 3 aliphatic rings. The minimum Gasteiger partial charge on any atom is -0.351 e. The number of aromatic amines is 1. The average molecular weight is 524 g/mol. The number of carbonyl (C=O) groups excluding carboxylic acids is 1. The molecule has 2 bridgehead atoms.